The monoisotopic (exact) mass is 465 g/mol. The Morgan fingerprint density at radius 1 is 1.12 bits per heavy atom. The van der Waals surface area contributed by atoms with Crippen molar-refractivity contribution in [2.75, 3.05) is 10.6 Å². The number of rotatable bonds is 5. The van der Waals surface area contributed by atoms with Gasteiger partial charge < -0.3 is 26.0 Å². The van der Waals surface area contributed by atoms with Crippen molar-refractivity contribution in [1.29, 1.82) is 0 Å². The van der Waals surface area contributed by atoms with E-state index in [0.29, 0.717) is 17.9 Å². The number of aryl methyl sites for hydroxylation is 1. The smallest absolute Gasteiger partial charge is 0.407 e. The lowest BCUT2D eigenvalue weighted by Gasteiger charge is -2.34. The Kier molecular flexibility index (Phi) is 6.68. The van der Waals surface area contributed by atoms with Crippen molar-refractivity contribution in [3.8, 4) is 0 Å². The highest BCUT2D eigenvalue weighted by Crippen LogP contribution is 2.33. The van der Waals surface area contributed by atoms with Crippen LogP contribution < -0.4 is 21.3 Å². The fourth-order valence-corrected chi connectivity index (χ4v) is 4.65. The summed E-state index contributed by atoms with van der Waals surface area (Å²) in [6, 6.07) is 7.94. The van der Waals surface area contributed by atoms with Crippen LogP contribution in [0, 0.1) is 13.8 Å². The molecule has 2 heterocycles. The van der Waals surface area contributed by atoms with E-state index >= 15 is 0 Å². The second-order valence-corrected chi connectivity index (χ2v) is 10.3. The molecule has 0 bridgehead atoms. The summed E-state index contributed by atoms with van der Waals surface area (Å²) in [5.74, 6) is 1.15. The van der Waals surface area contributed by atoms with Crippen LogP contribution >= 0.6 is 0 Å². The molecule has 1 aromatic carbocycles. The van der Waals surface area contributed by atoms with Crippen molar-refractivity contribution in [2.24, 2.45) is 0 Å². The Bertz CT molecular complexity index is 1090. The van der Waals surface area contributed by atoms with Crippen LogP contribution in [-0.4, -0.2) is 34.7 Å². The number of aromatic nitrogens is 1. The number of alkyl carbamates (subject to hydrolysis) is 1. The van der Waals surface area contributed by atoms with Gasteiger partial charge in [-0.2, -0.15) is 0 Å². The quantitative estimate of drug-likeness (QED) is 0.499. The number of nitrogens with zero attached hydrogens (tertiary/aromatic N) is 1. The van der Waals surface area contributed by atoms with Gasteiger partial charge in [0, 0.05) is 18.3 Å². The Labute approximate surface area is 201 Å². The fourth-order valence-electron chi connectivity index (χ4n) is 4.65. The molecule has 2 aromatic rings. The average molecular weight is 466 g/mol. The lowest BCUT2D eigenvalue weighted by molar-refractivity contribution is 0.0488. The summed E-state index contributed by atoms with van der Waals surface area (Å²) in [5, 5.41) is 12.9. The molecule has 8 heteroatoms. The molecule has 8 nitrogen and oxygen atoms in total. The standard InChI is InChI=1S/C26H35N5O3/c1-15-9-8-10-17(13-15)28-23-21-18(14-27-24(21)32)16(2)22(31-23)29-19-11-6-7-12-20(19)30-25(33)34-26(3,4)5/h8-10,13,19-20H,6-7,11-12,14H2,1-5H3,(H,27,32)(H,30,33)(H2,28,29,31)/t19-,20+/m1/s1. The molecule has 4 rings (SSSR count). The summed E-state index contributed by atoms with van der Waals surface area (Å²) in [6.45, 7) is 10.1. The molecule has 4 N–H and O–H groups in total. The van der Waals surface area contributed by atoms with Gasteiger partial charge in [0.15, 0.2) is 0 Å². The molecule has 2 aliphatic rings. The number of hydrogen-bond donors (Lipinski definition) is 4. The highest BCUT2D eigenvalue weighted by Gasteiger charge is 2.32. The Hall–Kier alpha value is -3.29. The van der Waals surface area contributed by atoms with E-state index in [1.807, 2.05) is 58.9 Å². The number of nitrogens with one attached hydrogen (secondary N) is 4. The van der Waals surface area contributed by atoms with E-state index in [0.717, 1.165) is 53.9 Å². The van der Waals surface area contributed by atoms with Crippen LogP contribution in [0.4, 0.5) is 22.1 Å². The lowest BCUT2D eigenvalue weighted by Crippen LogP contribution is -2.50. The lowest BCUT2D eigenvalue weighted by atomic mass is 9.90. The minimum absolute atomic E-state index is 0.0161. The predicted octanol–water partition coefficient (Wildman–Crippen LogP) is 4.93. The largest absolute Gasteiger partial charge is 0.444 e. The molecule has 0 spiro atoms. The Morgan fingerprint density at radius 2 is 1.85 bits per heavy atom. The molecule has 1 saturated carbocycles. The number of carbonyl (C=O) groups excluding carboxylic acids is 2. The minimum atomic E-state index is -0.546. The Balaban J connectivity index is 1.60. The summed E-state index contributed by atoms with van der Waals surface area (Å²) in [4.78, 5) is 29.9. The minimum Gasteiger partial charge on any atom is -0.444 e. The van der Waals surface area contributed by atoms with Crippen molar-refractivity contribution in [2.45, 2.75) is 84.5 Å². The number of amides is 2. The van der Waals surface area contributed by atoms with Crippen molar-refractivity contribution in [3.63, 3.8) is 0 Å². The maximum Gasteiger partial charge on any atom is 0.407 e. The molecule has 0 unspecified atom stereocenters. The molecule has 1 aromatic heterocycles. The zero-order valence-electron chi connectivity index (χ0n) is 20.7. The highest BCUT2D eigenvalue weighted by molar-refractivity contribution is 6.04. The second kappa shape index (κ2) is 9.52. The number of carbonyl (C=O) groups is 2. The van der Waals surface area contributed by atoms with E-state index in [9.17, 15) is 9.59 Å². The van der Waals surface area contributed by atoms with Gasteiger partial charge in [-0.15, -0.1) is 0 Å². The third kappa shape index (κ3) is 5.43. The third-order valence-electron chi connectivity index (χ3n) is 6.29. The molecule has 2 atom stereocenters. The van der Waals surface area contributed by atoms with E-state index in [1.165, 1.54) is 0 Å². The van der Waals surface area contributed by atoms with Gasteiger partial charge >= 0.3 is 6.09 Å². The van der Waals surface area contributed by atoms with E-state index < -0.39 is 11.7 Å². The molecule has 0 saturated heterocycles. The number of fused-ring (bicyclic) bond motifs is 1. The van der Waals surface area contributed by atoms with Crippen LogP contribution in [0.2, 0.25) is 0 Å². The van der Waals surface area contributed by atoms with Crippen LogP contribution in [-0.2, 0) is 11.3 Å². The summed E-state index contributed by atoms with van der Waals surface area (Å²) in [5.41, 5.74) is 3.95. The van der Waals surface area contributed by atoms with E-state index in [1.54, 1.807) is 0 Å². The molecule has 34 heavy (non-hydrogen) atoms. The number of pyridine rings is 1. The molecule has 1 aliphatic carbocycles. The van der Waals surface area contributed by atoms with Gasteiger partial charge in [0.05, 0.1) is 11.6 Å². The average Bonchev–Trinajstić information content (AvgIpc) is 3.13. The van der Waals surface area contributed by atoms with E-state index in [-0.39, 0.29) is 18.0 Å². The normalized spacial score (nSPS) is 19.7. The van der Waals surface area contributed by atoms with Crippen molar-refractivity contribution < 1.29 is 14.3 Å². The van der Waals surface area contributed by atoms with Gasteiger partial charge in [-0.25, -0.2) is 9.78 Å². The van der Waals surface area contributed by atoms with Gasteiger partial charge in [0.25, 0.3) is 5.91 Å². The highest BCUT2D eigenvalue weighted by atomic mass is 16.6. The maximum absolute atomic E-state index is 12.6. The molecular weight excluding hydrogens is 430 g/mol. The molecule has 1 fully saturated rings. The first-order chi connectivity index (χ1) is 16.1. The molecule has 0 radical (unpaired) electrons. The van der Waals surface area contributed by atoms with Gasteiger partial charge in [-0.3, -0.25) is 4.79 Å². The number of hydrogen-bond acceptors (Lipinski definition) is 6. The van der Waals surface area contributed by atoms with Crippen molar-refractivity contribution in [3.05, 3.63) is 46.5 Å². The fraction of sp³-hybridized carbons (Fsp3) is 0.500. The van der Waals surface area contributed by atoms with Crippen LogP contribution in [0.5, 0.6) is 0 Å². The van der Waals surface area contributed by atoms with Crippen LogP contribution in [0.1, 0.15) is 73.5 Å². The van der Waals surface area contributed by atoms with Crippen LogP contribution in [0.25, 0.3) is 0 Å². The summed E-state index contributed by atoms with van der Waals surface area (Å²) >= 11 is 0. The van der Waals surface area contributed by atoms with Crippen molar-refractivity contribution >= 4 is 29.3 Å². The van der Waals surface area contributed by atoms with Crippen LogP contribution in [0.15, 0.2) is 24.3 Å². The first-order valence-electron chi connectivity index (χ1n) is 12.0. The van der Waals surface area contributed by atoms with Crippen LogP contribution in [0.3, 0.4) is 0 Å². The van der Waals surface area contributed by atoms with E-state index in [2.05, 4.69) is 21.3 Å². The zero-order chi connectivity index (χ0) is 24.5. The van der Waals surface area contributed by atoms with E-state index in [4.69, 9.17) is 9.72 Å². The molecule has 182 valence electrons. The van der Waals surface area contributed by atoms with Gasteiger partial charge in [0.2, 0.25) is 0 Å². The topological polar surface area (TPSA) is 104 Å². The third-order valence-corrected chi connectivity index (χ3v) is 6.29. The first kappa shape index (κ1) is 23.9. The van der Waals surface area contributed by atoms with Gasteiger partial charge in [-0.1, -0.05) is 25.0 Å². The summed E-state index contributed by atoms with van der Waals surface area (Å²) in [7, 11) is 0. The molecular formula is C26H35N5O3. The number of benzene rings is 1. The zero-order valence-corrected chi connectivity index (χ0v) is 20.7. The summed E-state index contributed by atoms with van der Waals surface area (Å²) in [6.07, 6.45) is 3.50. The van der Waals surface area contributed by atoms with Crippen molar-refractivity contribution in [1.82, 2.24) is 15.6 Å². The molecule has 2 amide bonds. The summed E-state index contributed by atoms with van der Waals surface area (Å²) < 4.78 is 5.48. The van der Waals surface area contributed by atoms with Gasteiger partial charge in [-0.05, 0) is 76.3 Å². The SMILES string of the molecule is Cc1cccc(Nc2nc(N[C@@H]3CCCC[C@@H]3NC(=O)OC(C)(C)C)c(C)c3c2C(=O)NC3)c1. The van der Waals surface area contributed by atoms with Gasteiger partial charge in [0.1, 0.15) is 17.2 Å². The number of ether oxygens (including phenoxy) is 1. The Morgan fingerprint density at radius 3 is 2.56 bits per heavy atom. The maximum atomic E-state index is 12.6. The number of anilines is 3. The first-order valence-corrected chi connectivity index (χ1v) is 12.0. The second-order valence-electron chi connectivity index (χ2n) is 10.3. The predicted molar refractivity (Wildman–Crippen MR) is 134 cm³/mol. The molecule has 1 aliphatic heterocycles.